The van der Waals surface area contributed by atoms with Crippen molar-refractivity contribution in [2.75, 3.05) is 13.1 Å². The molecule has 2 fully saturated rings. The van der Waals surface area contributed by atoms with Gasteiger partial charge < -0.3 is 10.6 Å². The van der Waals surface area contributed by atoms with Crippen LogP contribution in [-0.2, 0) is 17.8 Å². The molecule has 0 saturated carbocycles. The van der Waals surface area contributed by atoms with Crippen molar-refractivity contribution in [3.8, 4) is 0 Å². The maximum atomic E-state index is 13.5. The molecule has 4 rings (SSSR count). The molecular formula is C21H23FN4O2. The molecule has 1 aromatic carbocycles. The maximum Gasteiger partial charge on any atom is 0.325 e. The second kappa shape index (κ2) is 7.67. The van der Waals surface area contributed by atoms with Crippen LogP contribution in [0.1, 0.15) is 24.0 Å². The van der Waals surface area contributed by atoms with E-state index in [1.54, 1.807) is 36.7 Å². The van der Waals surface area contributed by atoms with Crippen LogP contribution in [-0.4, -0.2) is 40.5 Å². The fourth-order valence-corrected chi connectivity index (χ4v) is 4.24. The molecule has 2 aliphatic heterocycles. The van der Waals surface area contributed by atoms with Crippen LogP contribution in [0.3, 0.4) is 0 Å². The van der Waals surface area contributed by atoms with Gasteiger partial charge in [0.05, 0.1) is 6.54 Å². The number of nitrogens with zero attached hydrogens (tertiary/aromatic N) is 2. The Labute approximate surface area is 163 Å². The molecule has 1 unspecified atom stereocenters. The number of aromatic nitrogens is 1. The van der Waals surface area contributed by atoms with E-state index >= 15 is 0 Å². The average Bonchev–Trinajstić information content (AvgIpc) is 2.96. The average molecular weight is 382 g/mol. The number of amides is 3. The highest BCUT2D eigenvalue weighted by Crippen LogP contribution is 2.35. The Morgan fingerprint density at radius 1 is 1.04 bits per heavy atom. The van der Waals surface area contributed by atoms with Gasteiger partial charge >= 0.3 is 6.03 Å². The summed E-state index contributed by atoms with van der Waals surface area (Å²) in [5.74, 6) is -0.496. The van der Waals surface area contributed by atoms with Gasteiger partial charge in [-0.2, -0.15) is 0 Å². The zero-order valence-electron chi connectivity index (χ0n) is 15.5. The second-order valence-corrected chi connectivity index (χ2v) is 7.48. The van der Waals surface area contributed by atoms with Crippen molar-refractivity contribution in [3.05, 3.63) is 65.7 Å². The minimum absolute atomic E-state index is 0.0256. The molecule has 0 bridgehead atoms. The highest BCUT2D eigenvalue weighted by atomic mass is 19.1. The third-order valence-corrected chi connectivity index (χ3v) is 5.72. The molecule has 0 radical (unpaired) electrons. The normalized spacial score (nSPS) is 23.1. The van der Waals surface area contributed by atoms with Crippen molar-refractivity contribution in [1.29, 1.82) is 0 Å². The quantitative estimate of drug-likeness (QED) is 0.778. The number of imide groups is 1. The van der Waals surface area contributed by atoms with Gasteiger partial charge in [-0.1, -0.05) is 12.1 Å². The molecule has 2 aromatic rings. The molecule has 1 atom stereocenters. The summed E-state index contributed by atoms with van der Waals surface area (Å²) in [6, 6.07) is 9.37. The van der Waals surface area contributed by atoms with E-state index in [4.69, 9.17) is 0 Å². The monoisotopic (exact) mass is 382 g/mol. The number of carbonyl (C=O) groups is 2. The first-order valence-electron chi connectivity index (χ1n) is 9.57. The summed E-state index contributed by atoms with van der Waals surface area (Å²) >= 11 is 0. The standard InChI is InChI=1S/C21H23FN4O2/c22-18-3-1-15(2-4-18)13-21(17-7-11-24-12-8-17)19(27)26(20(28)25-21)14-16-5-9-23-10-6-16/h1-6,9-10,17,24H,7-8,11-14H2,(H,25,28). The van der Waals surface area contributed by atoms with Crippen molar-refractivity contribution in [2.45, 2.75) is 31.3 Å². The van der Waals surface area contributed by atoms with Gasteiger partial charge in [0.15, 0.2) is 0 Å². The number of hydrogen-bond acceptors (Lipinski definition) is 4. The Balaban J connectivity index is 1.65. The lowest BCUT2D eigenvalue weighted by atomic mass is 9.74. The van der Waals surface area contributed by atoms with Crippen molar-refractivity contribution in [2.24, 2.45) is 5.92 Å². The van der Waals surface area contributed by atoms with Crippen LogP contribution in [0.4, 0.5) is 9.18 Å². The van der Waals surface area contributed by atoms with E-state index in [-0.39, 0.29) is 30.2 Å². The van der Waals surface area contributed by atoms with Crippen molar-refractivity contribution in [1.82, 2.24) is 20.5 Å². The smallest absolute Gasteiger partial charge is 0.322 e. The van der Waals surface area contributed by atoms with Gasteiger partial charge in [-0.05, 0) is 67.2 Å². The molecule has 28 heavy (non-hydrogen) atoms. The first-order valence-corrected chi connectivity index (χ1v) is 9.57. The van der Waals surface area contributed by atoms with E-state index in [1.165, 1.54) is 17.0 Å². The van der Waals surface area contributed by atoms with E-state index < -0.39 is 5.54 Å². The molecule has 0 aliphatic carbocycles. The lowest BCUT2D eigenvalue weighted by Gasteiger charge is -2.38. The number of carbonyl (C=O) groups excluding carboxylic acids is 2. The van der Waals surface area contributed by atoms with Crippen LogP contribution in [0.15, 0.2) is 48.8 Å². The van der Waals surface area contributed by atoms with Gasteiger partial charge in [0, 0.05) is 18.8 Å². The summed E-state index contributed by atoms with van der Waals surface area (Å²) in [4.78, 5) is 31.6. The predicted octanol–water partition coefficient (Wildman–Crippen LogP) is 2.25. The fourth-order valence-electron chi connectivity index (χ4n) is 4.24. The molecular weight excluding hydrogens is 359 g/mol. The molecule has 2 N–H and O–H groups in total. The maximum absolute atomic E-state index is 13.5. The van der Waals surface area contributed by atoms with Crippen LogP contribution >= 0.6 is 0 Å². The van der Waals surface area contributed by atoms with Crippen LogP contribution in [0.25, 0.3) is 0 Å². The van der Waals surface area contributed by atoms with Crippen molar-refractivity contribution >= 4 is 11.9 Å². The van der Waals surface area contributed by atoms with E-state index in [1.807, 2.05) is 0 Å². The molecule has 6 nitrogen and oxygen atoms in total. The van der Waals surface area contributed by atoms with Crippen molar-refractivity contribution < 1.29 is 14.0 Å². The molecule has 3 heterocycles. The SMILES string of the molecule is O=C1NC(Cc2ccc(F)cc2)(C2CCNCC2)C(=O)N1Cc1ccncc1. The lowest BCUT2D eigenvalue weighted by molar-refractivity contribution is -0.134. The number of pyridine rings is 1. The molecule has 2 saturated heterocycles. The zero-order chi connectivity index (χ0) is 19.6. The summed E-state index contributed by atoms with van der Waals surface area (Å²) in [7, 11) is 0. The third-order valence-electron chi connectivity index (χ3n) is 5.72. The van der Waals surface area contributed by atoms with Gasteiger partial charge in [0.2, 0.25) is 0 Å². The molecule has 146 valence electrons. The van der Waals surface area contributed by atoms with E-state index in [0.29, 0.717) is 6.42 Å². The number of nitrogens with one attached hydrogen (secondary N) is 2. The first kappa shape index (κ1) is 18.6. The largest absolute Gasteiger partial charge is 0.325 e. The molecule has 0 spiro atoms. The van der Waals surface area contributed by atoms with E-state index in [2.05, 4.69) is 15.6 Å². The Morgan fingerprint density at radius 3 is 2.39 bits per heavy atom. The molecule has 7 heteroatoms. The first-order chi connectivity index (χ1) is 13.6. The van der Waals surface area contributed by atoms with Gasteiger partial charge in [-0.3, -0.25) is 14.7 Å². The number of piperidine rings is 1. The van der Waals surface area contributed by atoms with Gasteiger partial charge in [-0.15, -0.1) is 0 Å². The molecule has 3 amide bonds. The van der Waals surface area contributed by atoms with E-state index in [0.717, 1.165) is 37.1 Å². The summed E-state index contributed by atoms with van der Waals surface area (Å²) in [6.45, 7) is 1.83. The number of urea groups is 1. The highest BCUT2D eigenvalue weighted by Gasteiger charge is 2.55. The van der Waals surface area contributed by atoms with Crippen LogP contribution in [0.2, 0.25) is 0 Å². The second-order valence-electron chi connectivity index (χ2n) is 7.48. The third kappa shape index (κ3) is 3.49. The topological polar surface area (TPSA) is 74.3 Å². The Kier molecular flexibility index (Phi) is 5.09. The zero-order valence-corrected chi connectivity index (χ0v) is 15.5. The minimum atomic E-state index is -0.996. The Bertz CT molecular complexity index is 852. The predicted molar refractivity (Wildman–Crippen MR) is 102 cm³/mol. The van der Waals surface area contributed by atoms with E-state index in [9.17, 15) is 14.0 Å². The van der Waals surface area contributed by atoms with Gasteiger partial charge in [0.1, 0.15) is 11.4 Å². The summed E-state index contributed by atoms with van der Waals surface area (Å²) in [5, 5.41) is 6.33. The minimum Gasteiger partial charge on any atom is -0.322 e. The highest BCUT2D eigenvalue weighted by molar-refractivity contribution is 6.07. The molecule has 1 aromatic heterocycles. The lowest BCUT2D eigenvalue weighted by Crippen LogP contribution is -2.57. The summed E-state index contributed by atoms with van der Waals surface area (Å²) < 4.78 is 13.3. The Morgan fingerprint density at radius 2 is 1.71 bits per heavy atom. The van der Waals surface area contributed by atoms with Gasteiger partial charge in [0.25, 0.3) is 5.91 Å². The number of rotatable bonds is 5. The van der Waals surface area contributed by atoms with Crippen molar-refractivity contribution in [3.63, 3.8) is 0 Å². The Hall–Kier alpha value is -2.80. The number of halogens is 1. The van der Waals surface area contributed by atoms with Gasteiger partial charge in [-0.25, -0.2) is 9.18 Å². The number of benzene rings is 1. The molecule has 2 aliphatic rings. The number of hydrogen-bond donors (Lipinski definition) is 2. The summed E-state index contributed by atoms with van der Waals surface area (Å²) in [5.41, 5.74) is 0.685. The van der Waals surface area contributed by atoms with Crippen LogP contribution < -0.4 is 10.6 Å². The fraction of sp³-hybridized carbons (Fsp3) is 0.381. The van der Waals surface area contributed by atoms with Crippen LogP contribution in [0, 0.1) is 11.7 Å². The van der Waals surface area contributed by atoms with Crippen LogP contribution in [0.5, 0.6) is 0 Å². The summed E-state index contributed by atoms with van der Waals surface area (Å²) in [6.07, 6.45) is 5.25.